The fourth-order valence-electron chi connectivity index (χ4n) is 0.868. The maximum absolute atomic E-state index is 9.89. The van der Waals surface area contributed by atoms with E-state index >= 15 is 0 Å². The summed E-state index contributed by atoms with van der Waals surface area (Å²) in [5.41, 5.74) is 0.802. The lowest BCUT2D eigenvalue weighted by atomic mass is 10.2. The van der Waals surface area contributed by atoms with Gasteiger partial charge in [0.15, 0.2) is 0 Å². The Morgan fingerprint density at radius 2 is 2.73 bits per heavy atom. The number of imidazole rings is 1. The van der Waals surface area contributed by atoms with E-state index in [-0.39, 0.29) is 6.10 Å². The van der Waals surface area contributed by atoms with Crippen molar-refractivity contribution in [2.24, 2.45) is 0 Å². The van der Waals surface area contributed by atoms with Gasteiger partial charge in [0.25, 0.3) is 0 Å². The zero-order valence-corrected chi connectivity index (χ0v) is 6.20. The Hall–Kier alpha value is -1.32. The Morgan fingerprint density at radius 1 is 1.91 bits per heavy atom. The highest BCUT2D eigenvalue weighted by molar-refractivity contribution is 5.39. The molecule has 1 atom stereocenters. The molecule has 1 aromatic rings. The fraction of sp³-hybridized carbons (Fsp3) is 0.429. The maximum Gasteiger partial charge on any atom is 0.418 e. The number of H-pyrrole nitrogens is 1. The van der Waals surface area contributed by atoms with Gasteiger partial charge in [-0.1, -0.05) is 6.92 Å². The molecule has 1 unspecified atom stereocenters. The maximum atomic E-state index is 9.89. The first-order chi connectivity index (χ1) is 5.38. The minimum Gasteiger partial charge on any atom is -0.447 e. The van der Waals surface area contributed by atoms with Gasteiger partial charge >= 0.3 is 6.47 Å². The molecule has 0 saturated heterocycles. The molecule has 0 aliphatic carbocycles. The van der Waals surface area contributed by atoms with Gasteiger partial charge in [-0.25, -0.2) is 9.78 Å². The van der Waals surface area contributed by atoms with Crippen molar-refractivity contribution in [2.45, 2.75) is 19.4 Å². The van der Waals surface area contributed by atoms with Crippen LogP contribution in [-0.4, -0.2) is 16.4 Å². The minimum absolute atomic E-state index is 0.241. The standard InChI is InChI=1S/C7H9N2O2/c1-2-7(11-5-10)6-3-8-4-9-6/h3-4,7H,2H2,1H3,(H,8,9). The van der Waals surface area contributed by atoms with Crippen LogP contribution in [-0.2, 0) is 9.53 Å². The molecule has 0 fully saturated rings. The van der Waals surface area contributed by atoms with Crippen LogP contribution in [0.5, 0.6) is 0 Å². The summed E-state index contributed by atoms with van der Waals surface area (Å²) in [6.45, 7) is 3.33. The quantitative estimate of drug-likeness (QED) is 0.700. The second-order valence-corrected chi connectivity index (χ2v) is 2.11. The van der Waals surface area contributed by atoms with Gasteiger partial charge in [-0.2, -0.15) is 0 Å². The molecule has 4 heteroatoms. The Labute approximate surface area is 64.6 Å². The zero-order valence-electron chi connectivity index (χ0n) is 6.20. The second kappa shape index (κ2) is 3.75. The molecule has 0 spiro atoms. The first-order valence-electron chi connectivity index (χ1n) is 3.39. The largest absolute Gasteiger partial charge is 0.447 e. The number of rotatable bonds is 4. The molecule has 4 nitrogen and oxygen atoms in total. The van der Waals surface area contributed by atoms with Crippen LogP contribution in [0.4, 0.5) is 0 Å². The Morgan fingerprint density at radius 3 is 3.18 bits per heavy atom. The SMILES string of the molecule is CCC(O[C]=O)c1cnc[nH]1. The molecule has 0 aromatic carbocycles. The van der Waals surface area contributed by atoms with Gasteiger partial charge < -0.3 is 9.72 Å². The van der Waals surface area contributed by atoms with Gasteiger partial charge in [-0.3, -0.25) is 0 Å². The third-order valence-electron chi connectivity index (χ3n) is 1.43. The lowest BCUT2D eigenvalue weighted by Gasteiger charge is -2.08. The van der Waals surface area contributed by atoms with E-state index in [1.54, 1.807) is 12.5 Å². The van der Waals surface area contributed by atoms with Crippen molar-refractivity contribution >= 4 is 6.47 Å². The fourth-order valence-corrected chi connectivity index (χ4v) is 0.868. The van der Waals surface area contributed by atoms with Gasteiger partial charge in [-0.05, 0) is 6.42 Å². The molecule has 59 valence electrons. The number of carbonyl (C=O) groups excluding carboxylic acids is 1. The predicted octanol–water partition coefficient (Wildman–Crippen LogP) is 0.945. The van der Waals surface area contributed by atoms with Crippen LogP contribution in [0.2, 0.25) is 0 Å². The highest BCUT2D eigenvalue weighted by atomic mass is 16.5. The van der Waals surface area contributed by atoms with E-state index in [1.165, 1.54) is 6.47 Å². The third-order valence-corrected chi connectivity index (χ3v) is 1.43. The lowest BCUT2D eigenvalue weighted by molar-refractivity contribution is 0.171. The molecule has 0 amide bonds. The zero-order chi connectivity index (χ0) is 8.10. The smallest absolute Gasteiger partial charge is 0.418 e. The first-order valence-corrected chi connectivity index (χ1v) is 3.39. The number of ether oxygens (including phenoxy) is 1. The van der Waals surface area contributed by atoms with E-state index in [1.807, 2.05) is 6.92 Å². The molecule has 1 N–H and O–H groups in total. The normalized spacial score (nSPS) is 12.5. The predicted molar refractivity (Wildman–Crippen MR) is 38.4 cm³/mol. The first kappa shape index (κ1) is 7.78. The van der Waals surface area contributed by atoms with Gasteiger partial charge in [0.2, 0.25) is 0 Å². The van der Waals surface area contributed by atoms with Crippen LogP contribution in [0.1, 0.15) is 25.1 Å². The van der Waals surface area contributed by atoms with Crippen LogP contribution in [0, 0.1) is 0 Å². The van der Waals surface area contributed by atoms with Crippen LogP contribution in [0.15, 0.2) is 12.5 Å². The monoisotopic (exact) mass is 153 g/mol. The van der Waals surface area contributed by atoms with Crippen molar-refractivity contribution in [2.75, 3.05) is 0 Å². The second-order valence-electron chi connectivity index (χ2n) is 2.11. The molecule has 1 radical (unpaired) electrons. The number of aromatic amines is 1. The average molecular weight is 153 g/mol. The number of aromatic nitrogens is 2. The summed E-state index contributed by atoms with van der Waals surface area (Å²) in [6, 6.07) is 0. The van der Waals surface area contributed by atoms with E-state index in [0.29, 0.717) is 0 Å². The van der Waals surface area contributed by atoms with Gasteiger partial charge in [0, 0.05) is 0 Å². The Kier molecular flexibility index (Phi) is 2.66. The highest BCUT2D eigenvalue weighted by Gasteiger charge is 2.10. The third kappa shape index (κ3) is 1.80. The molecule has 1 heterocycles. The van der Waals surface area contributed by atoms with E-state index in [9.17, 15) is 4.79 Å². The molecule has 11 heavy (non-hydrogen) atoms. The Balaban J connectivity index is 2.62. The molecular weight excluding hydrogens is 144 g/mol. The molecular formula is C7H9N2O2. The number of hydrogen-bond acceptors (Lipinski definition) is 3. The van der Waals surface area contributed by atoms with Crippen molar-refractivity contribution in [1.82, 2.24) is 9.97 Å². The van der Waals surface area contributed by atoms with Gasteiger partial charge in [0.05, 0.1) is 18.2 Å². The van der Waals surface area contributed by atoms with Crippen molar-refractivity contribution in [3.05, 3.63) is 18.2 Å². The van der Waals surface area contributed by atoms with Crippen LogP contribution >= 0.6 is 0 Å². The summed E-state index contributed by atoms with van der Waals surface area (Å²) in [4.78, 5) is 16.6. The summed E-state index contributed by atoms with van der Waals surface area (Å²) >= 11 is 0. The summed E-state index contributed by atoms with van der Waals surface area (Å²) < 4.78 is 4.66. The van der Waals surface area contributed by atoms with Crippen molar-refractivity contribution in [3.63, 3.8) is 0 Å². The van der Waals surface area contributed by atoms with Crippen molar-refractivity contribution in [1.29, 1.82) is 0 Å². The minimum atomic E-state index is -0.241. The molecule has 0 bridgehead atoms. The molecule has 1 aromatic heterocycles. The lowest BCUT2D eigenvalue weighted by Crippen LogP contribution is -2.01. The summed E-state index contributed by atoms with van der Waals surface area (Å²) in [5.74, 6) is 0. The highest BCUT2D eigenvalue weighted by Crippen LogP contribution is 2.16. The topological polar surface area (TPSA) is 55.0 Å². The Bertz CT molecular complexity index is 208. The molecule has 1 rings (SSSR count). The number of hydrogen-bond donors (Lipinski definition) is 1. The van der Waals surface area contributed by atoms with Crippen LogP contribution < -0.4 is 0 Å². The number of nitrogens with zero attached hydrogens (tertiary/aromatic N) is 1. The molecule has 0 aliphatic heterocycles. The van der Waals surface area contributed by atoms with Crippen molar-refractivity contribution < 1.29 is 9.53 Å². The molecule has 0 saturated carbocycles. The van der Waals surface area contributed by atoms with Gasteiger partial charge in [-0.15, -0.1) is 0 Å². The average Bonchev–Trinajstić information content (AvgIpc) is 2.52. The summed E-state index contributed by atoms with van der Waals surface area (Å²) in [6.07, 6.45) is 3.66. The van der Waals surface area contributed by atoms with Crippen LogP contribution in [0.3, 0.4) is 0 Å². The van der Waals surface area contributed by atoms with Crippen molar-refractivity contribution in [3.8, 4) is 0 Å². The van der Waals surface area contributed by atoms with E-state index in [2.05, 4.69) is 14.7 Å². The van der Waals surface area contributed by atoms with E-state index in [4.69, 9.17) is 0 Å². The van der Waals surface area contributed by atoms with Gasteiger partial charge in [0.1, 0.15) is 6.10 Å². The molecule has 0 aliphatic rings. The van der Waals surface area contributed by atoms with Crippen LogP contribution in [0.25, 0.3) is 0 Å². The summed E-state index contributed by atoms with van der Waals surface area (Å²) in [5, 5.41) is 0. The summed E-state index contributed by atoms with van der Waals surface area (Å²) in [7, 11) is 0. The number of nitrogens with one attached hydrogen (secondary N) is 1. The van der Waals surface area contributed by atoms with E-state index in [0.717, 1.165) is 12.1 Å². The van der Waals surface area contributed by atoms with E-state index < -0.39 is 0 Å².